The minimum Gasteiger partial charge on any atom is -0.497 e. The molecule has 31 heavy (non-hydrogen) atoms. The van der Waals surface area contributed by atoms with Crippen LogP contribution in [-0.2, 0) is 0 Å². The van der Waals surface area contributed by atoms with Gasteiger partial charge in [0, 0.05) is 31.3 Å². The summed E-state index contributed by atoms with van der Waals surface area (Å²) in [5.41, 5.74) is 1.86. The van der Waals surface area contributed by atoms with Gasteiger partial charge in [0.15, 0.2) is 0 Å². The molecule has 1 atom stereocenters. The van der Waals surface area contributed by atoms with Gasteiger partial charge < -0.3 is 19.9 Å². The summed E-state index contributed by atoms with van der Waals surface area (Å²) in [6.07, 6.45) is 3.19. The van der Waals surface area contributed by atoms with Crippen molar-refractivity contribution in [1.82, 2.24) is 10.2 Å². The van der Waals surface area contributed by atoms with Gasteiger partial charge in [0.05, 0.1) is 18.1 Å². The van der Waals surface area contributed by atoms with Crippen molar-refractivity contribution >= 4 is 17.3 Å². The topological polar surface area (TPSA) is 87.9 Å². The van der Waals surface area contributed by atoms with Gasteiger partial charge in [-0.25, -0.2) is 0 Å². The number of nitro benzene ring substituents is 1. The summed E-state index contributed by atoms with van der Waals surface area (Å²) in [7, 11) is 5.50. The number of nitro groups is 1. The zero-order chi connectivity index (χ0) is 22.4. The van der Waals surface area contributed by atoms with E-state index >= 15 is 0 Å². The lowest BCUT2D eigenvalue weighted by Gasteiger charge is -2.28. The Morgan fingerprint density at radius 3 is 2.58 bits per heavy atom. The molecule has 1 saturated heterocycles. The predicted octanol–water partition coefficient (Wildman–Crippen LogP) is 3.63. The maximum absolute atomic E-state index is 12.8. The standard InChI is InChI=1S/C23H30N4O4/c1-25(2)22(17-8-7-9-19(14-17)31-3)16-24-23(28)18-10-11-20(21(15-18)27(29)30)26-12-5-4-6-13-26/h7-11,14-15,22H,4-6,12-13,16H2,1-3H3,(H,24,28)/t22-/m1/s1. The summed E-state index contributed by atoms with van der Waals surface area (Å²) in [5.74, 6) is 0.419. The average Bonchev–Trinajstić information content (AvgIpc) is 2.79. The molecule has 1 heterocycles. The Bertz CT molecular complexity index is 926. The second-order valence-electron chi connectivity index (χ2n) is 7.97. The molecule has 1 amide bonds. The van der Waals surface area contributed by atoms with E-state index in [1.54, 1.807) is 19.2 Å². The van der Waals surface area contributed by atoms with Gasteiger partial charge in [0.1, 0.15) is 11.4 Å². The van der Waals surface area contributed by atoms with Gasteiger partial charge in [-0.3, -0.25) is 14.9 Å². The molecule has 0 bridgehead atoms. The SMILES string of the molecule is COc1cccc([C@@H](CNC(=O)c2ccc(N3CCCCC3)c([N+](=O)[O-])c2)N(C)C)c1. The molecule has 2 aromatic rings. The zero-order valence-corrected chi connectivity index (χ0v) is 18.3. The number of rotatable bonds is 8. The molecule has 0 aliphatic carbocycles. The number of carbonyl (C=O) groups excluding carboxylic acids is 1. The van der Waals surface area contributed by atoms with Crippen molar-refractivity contribution in [2.24, 2.45) is 0 Å². The molecular formula is C23H30N4O4. The van der Waals surface area contributed by atoms with Crippen molar-refractivity contribution < 1.29 is 14.5 Å². The highest BCUT2D eigenvalue weighted by Crippen LogP contribution is 2.31. The fraction of sp³-hybridized carbons (Fsp3) is 0.435. The van der Waals surface area contributed by atoms with E-state index in [0.717, 1.165) is 43.7 Å². The first-order valence-corrected chi connectivity index (χ1v) is 10.5. The lowest BCUT2D eigenvalue weighted by atomic mass is 10.0. The molecule has 1 aliphatic rings. The van der Waals surface area contributed by atoms with Crippen molar-refractivity contribution in [2.75, 3.05) is 45.7 Å². The first kappa shape index (κ1) is 22.6. The van der Waals surface area contributed by atoms with Crippen molar-refractivity contribution in [1.29, 1.82) is 0 Å². The van der Waals surface area contributed by atoms with E-state index in [-0.39, 0.29) is 23.2 Å². The number of likely N-dealkylation sites (N-methyl/N-ethyl adjacent to an activating group) is 1. The molecule has 1 aliphatic heterocycles. The molecule has 0 unspecified atom stereocenters. The highest BCUT2D eigenvalue weighted by Gasteiger charge is 2.24. The Kier molecular flexibility index (Phi) is 7.46. The van der Waals surface area contributed by atoms with Gasteiger partial charge in [-0.2, -0.15) is 0 Å². The lowest BCUT2D eigenvalue weighted by molar-refractivity contribution is -0.384. The van der Waals surface area contributed by atoms with Crippen molar-refractivity contribution in [2.45, 2.75) is 25.3 Å². The van der Waals surface area contributed by atoms with Gasteiger partial charge >= 0.3 is 0 Å². The Hall–Kier alpha value is -3.13. The number of nitrogens with zero attached hydrogens (tertiary/aromatic N) is 3. The van der Waals surface area contributed by atoms with E-state index < -0.39 is 4.92 Å². The molecule has 0 radical (unpaired) electrons. The third-order valence-electron chi connectivity index (χ3n) is 5.69. The van der Waals surface area contributed by atoms with E-state index in [1.807, 2.05) is 48.2 Å². The molecular weight excluding hydrogens is 396 g/mol. The predicted molar refractivity (Wildman–Crippen MR) is 121 cm³/mol. The number of amides is 1. The number of benzene rings is 2. The molecule has 8 heteroatoms. The number of hydrogen-bond acceptors (Lipinski definition) is 6. The van der Waals surface area contributed by atoms with Gasteiger partial charge in [-0.1, -0.05) is 12.1 Å². The quantitative estimate of drug-likeness (QED) is 0.512. The number of carbonyl (C=O) groups is 1. The van der Waals surface area contributed by atoms with Gasteiger partial charge in [0.25, 0.3) is 11.6 Å². The summed E-state index contributed by atoms with van der Waals surface area (Å²) >= 11 is 0. The lowest BCUT2D eigenvalue weighted by Crippen LogP contribution is -2.34. The Morgan fingerprint density at radius 1 is 1.19 bits per heavy atom. The van der Waals surface area contributed by atoms with Gasteiger partial charge in [-0.05, 0) is 63.2 Å². The van der Waals surface area contributed by atoms with Crippen LogP contribution in [0, 0.1) is 10.1 Å². The maximum atomic E-state index is 12.8. The molecule has 1 fully saturated rings. The number of anilines is 1. The largest absolute Gasteiger partial charge is 0.497 e. The fourth-order valence-corrected chi connectivity index (χ4v) is 3.95. The van der Waals surface area contributed by atoms with Crippen LogP contribution in [0.3, 0.4) is 0 Å². The van der Waals surface area contributed by atoms with Crippen LogP contribution in [0.15, 0.2) is 42.5 Å². The Balaban J connectivity index is 1.75. The molecule has 3 rings (SSSR count). The van der Waals surface area contributed by atoms with Crippen LogP contribution in [-0.4, -0.2) is 56.6 Å². The summed E-state index contributed by atoms with van der Waals surface area (Å²) in [6, 6.07) is 12.4. The number of piperidine rings is 1. The first-order chi connectivity index (χ1) is 14.9. The molecule has 2 aromatic carbocycles. The second kappa shape index (κ2) is 10.3. The van der Waals surface area contributed by atoms with Crippen LogP contribution >= 0.6 is 0 Å². The zero-order valence-electron chi connectivity index (χ0n) is 18.3. The minimum absolute atomic E-state index is 0.0218. The van der Waals surface area contributed by atoms with Crippen LogP contribution in [0.4, 0.5) is 11.4 Å². The van der Waals surface area contributed by atoms with Crippen LogP contribution in [0.25, 0.3) is 0 Å². The van der Waals surface area contributed by atoms with E-state index in [4.69, 9.17) is 4.74 Å². The molecule has 8 nitrogen and oxygen atoms in total. The second-order valence-corrected chi connectivity index (χ2v) is 7.97. The molecule has 0 saturated carbocycles. The van der Waals surface area contributed by atoms with Crippen LogP contribution in [0.5, 0.6) is 5.75 Å². The van der Waals surface area contributed by atoms with E-state index in [0.29, 0.717) is 12.2 Å². The number of ether oxygens (including phenoxy) is 1. The van der Waals surface area contributed by atoms with E-state index in [1.165, 1.54) is 6.07 Å². The summed E-state index contributed by atoms with van der Waals surface area (Å²) in [5, 5.41) is 14.6. The van der Waals surface area contributed by atoms with Crippen molar-refractivity contribution in [3.05, 3.63) is 63.7 Å². The summed E-state index contributed by atoms with van der Waals surface area (Å²) in [6.45, 7) is 1.97. The van der Waals surface area contributed by atoms with Gasteiger partial charge in [0.2, 0.25) is 0 Å². The normalized spacial score (nSPS) is 14.9. The van der Waals surface area contributed by atoms with E-state index in [2.05, 4.69) is 5.32 Å². The monoisotopic (exact) mass is 426 g/mol. The highest BCUT2D eigenvalue weighted by molar-refractivity contribution is 5.95. The van der Waals surface area contributed by atoms with Crippen molar-refractivity contribution in [3.63, 3.8) is 0 Å². The fourth-order valence-electron chi connectivity index (χ4n) is 3.95. The van der Waals surface area contributed by atoms with Crippen LogP contribution in [0.1, 0.15) is 41.2 Å². The number of hydrogen-bond donors (Lipinski definition) is 1. The average molecular weight is 427 g/mol. The molecule has 0 spiro atoms. The number of nitrogens with one attached hydrogen (secondary N) is 1. The van der Waals surface area contributed by atoms with Gasteiger partial charge in [-0.15, -0.1) is 0 Å². The van der Waals surface area contributed by atoms with Crippen LogP contribution < -0.4 is 15.0 Å². The molecule has 0 aromatic heterocycles. The third kappa shape index (κ3) is 5.52. The van der Waals surface area contributed by atoms with Crippen molar-refractivity contribution in [3.8, 4) is 5.75 Å². The molecule has 166 valence electrons. The Morgan fingerprint density at radius 2 is 1.94 bits per heavy atom. The van der Waals surface area contributed by atoms with E-state index in [9.17, 15) is 14.9 Å². The molecule has 1 N–H and O–H groups in total. The minimum atomic E-state index is -0.403. The van der Waals surface area contributed by atoms with Crippen LogP contribution in [0.2, 0.25) is 0 Å². The highest BCUT2D eigenvalue weighted by atomic mass is 16.6. The summed E-state index contributed by atoms with van der Waals surface area (Å²) < 4.78 is 5.30. The maximum Gasteiger partial charge on any atom is 0.293 e. The number of methoxy groups -OCH3 is 1. The first-order valence-electron chi connectivity index (χ1n) is 10.5. The summed E-state index contributed by atoms with van der Waals surface area (Å²) in [4.78, 5) is 28.1. The smallest absolute Gasteiger partial charge is 0.293 e. The Labute approximate surface area is 182 Å². The third-order valence-corrected chi connectivity index (χ3v) is 5.69.